The van der Waals surface area contributed by atoms with Gasteiger partial charge in [0.15, 0.2) is 0 Å². The molecule has 0 amide bonds. The summed E-state index contributed by atoms with van der Waals surface area (Å²) in [5.41, 5.74) is 10.1. The highest BCUT2D eigenvalue weighted by Gasteiger charge is 2.20. The van der Waals surface area contributed by atoms with E-state index in [-0.39, 0.29) is 12.1 Å². The molecule has 0 aliphatic rings. The van der Waals surface area contributed by atoms with E-state index in [9.17, 15) is 0 Å². The second-order valence-corrected chi connectivity index (χ2v) is 6.05. The van der Waals surface area contributed by atoms with Crippen molar-refractivity contribution < 1.29 is 4.74 Å². The molecule has 0 saturated carbocycles. The van der Waals surface area contributed by atoms with Crippen molar-refractivity contribution in [2.75, 3.05) is 7.11 Å². The molecule has 3 rings (SSSR count). The van der Waals surface area contributed by atoms with Crippen LogP contribution in [0.5, 0.6) is 5.75 Å². The van der Waals surface area contributed by atoms with E-state index in [0.717, 1.165) is 17.9 Å². The Morgan fingerprint density at radius 2 is 1.36 bits per heavy atom. The minimum Gasteiger partial charge on any atom is -0.497 e. The molecule has 0 bridgehead atoms. The first-order valence-corrected chi connectivity index (χ1v) is 8.49. The molecule has 25 heavy (non-hydrogen) atoms. The normalized spacial score (nSPS) is 13.2. The molecule has 3 aromatic rings. The number of hydrogen-bond acceptors (Lipinski definition) is 3. The van der Waals surface area contributed by atoms with Gasteiger partial charge in [-0.15, -0.1) is 0 Å². The first-order chi connectivity index (χ1) is 12.3. The average Bonchev–Trinajstić information content (AvgIpc) is 2.70. The Morgan fingerprint density at radius 3 is 1.92 bits per heavy atom. The Bertz CT molecular complexity index is 757. The number of nitrogens with one attached hydrogen (secondary N) is 1. The summed E-state index contributed by atoms with van der Waals surface area (Å²) in [4.78, 5) is 0. The summed E-state index contributed by atoms with van der Waals surface area (Å²) in [6, 6.07) is 28.6. The third-order valence-electron chi connectivity index (χ3n) is 4.39. The average molecular weight is 332 g/mol. The van der Waals surface area contributed by atoms with Gasteiger partial charge in [0.1, 0.15) is 5.75 Å². The van der Waals surface area contributed by atoms with Crippen molar-refractivity contribution in [1.82, 2.24) is 5.32 Å². The fraction of sp³-hybridized carbons (Fsp3) is 0.182. The molecule has 2 atom stereocenters. The highest BCUT2D eigenvalue weighted by atomic mass is 16.5. The highest BCUT2D eigenvalue weighted by Crippen LogP contribution is 2.27. The molecule has 0 fully saturated rings. The zero-order valence-electron chi connectivity index (χ0n) is 14.4. The molecular weight excluding hydrogens is 308 g/mol. The van der Waals surface area contributed by atoms with Gasteiger partial charge in [0.25, 0.3) is 0 Å². The lowest BCUT2D eigenvalue weighted by Crippen LogP contribution is -2.31. The summed E-state index contributed by atoms with van der Waals surface area (Å²) in [5.74, 6) is 0.865. The van der Waals surface area contributed by atoms with E-state index in [1.807, 2.05) is 36.4 Å². The van der Waals surface area contributed by atoms with Crippen LogP contribution in [-0.4, -0.2) is 7.11 Å². The summed E-state index contributed by atoms with van der Waals surface area (Å²) in [7, 11) is 1.68. The van der Waals surface area contributed by atoms with Crippen LogP contribution in [0.25, 0.3) is 0 Å². The highest BCUT2D eigenvalue weighted by molar-refractivity contribution is 5.29. The molecule has 3 nitrogen and oxygen atoms in total. The number of hydrogen-bond donors (Lipinski definition) is 2. The molecule has 0 radical (unpaired) electrons. The van der Waals surface area contributed by atoms with Crippen LogP contribution in [0, 0.1) is 0 Å². The summed E-state index contributed by atoms with van der Waals surface area (Å²) >= 11 is 0. The molecule has 0 aliphatic carbocycles. The van der Waals surface area contributed by atoms with Crippen LogP contribution < -0.4 is 15.8 Å². The Kier molecular flexibility index (Phi) is 5.83. The van der Waals surface area contributed by atoms with Gasteiger partial charge in [-0.05, 0) is 28.8 Å². The largest absolute Gasteiger partial charge is 0.497 e. The van der Waals surface area contributed by atoms with E-state index in [1.54, 1.807) is 7.11 Å². The number of methoxy groups -OCH3 is 1. The van der Waals surface area contributed by atoms with E-state index in [0.29, 0.717) is 0 Å². The fourth-order valence-corrected chi connectivity index (χ4v) is 2.95. The monoisotopic (exact) mass is 332 g/mol. The number of nitrogens with two attached hydrogens (primary N) is 1. The second-order valence-electron chi connectivity index (χ2n) is 6.05. The SMILES string of the molecule is COc1ccc(CN[C@@H](c2ccccc2)[C@H](N)c2ccccc2)cc1. The summed E-state index contributed by atoms with van der Waals surface area (Å²) in [5, 5.41) is 3.62. The van der Waals surface area contributed by atoms with Crippen molar-refractivity contribution in [3.05, 3.63) is 102 Å². The van der Waals surface area contributed by atoms with Gasteiger partial charge in [0.05, 0.1) is 13.2 Å². The van der Waals surface area contributed by atoms with Crippen LogP contribution in [0.15, 0.2) is 84.9 Å². The second kappa shape index (κ2) is 8.47. The predicted molar refractivity (Wildman–Crippen MR) is 102 cm³/mol. The molecule has 3 aromatic carbocycles. The maximum atomic E-state index is 6.60. The van der Waals surface area contributed by atoms with Crippen LogP contribution in [0.4, 0.5) is 0 Å². The molecule has 0 aromatic heterocycles. The Labute approximate surface area is 149 Å². The van der Waals surface area contributed by atoms with Gasteiger partial charge < -0.3 is 15.8 Å². The van der Waals surface area contributed by atoms with Crippen LogP contribution in [-0.2, 0) is 6.54 Å². The van der Waals surface area contributed by atoms with Crippen molar-refractivity contribution in [3.63, 3.8) is 0 Å². The number of ether oxygens (including phenoxy) is 1. The molecule has 128 valence electrons. The molecule has 0 saturated heterocycles. The van der Waals surface area contributed by atoms with E-state index in [2.05, 4.69) is 53.8 Å². The molecule has 3 heteroatoms. The van der Waals surface area contributed by atoms with Gasteiger partial charge in [-0.2, -0.15) is 0 Å². The van der Waals surface area contributed by atoms with Crippen molar-refractivity contribution in [2.24, 2.45) is 5.73 Å². The minimum atomic E-state index is -0.123. The first-order valence-electron chi connectivity index (χ1n) is 8.49. The summed E-state index contributed by atoms with van der Waals surface area (Å²) in [6.45, 7) is 0.740. The van der Waals surface area contributed by atoms with Crippen molar-refractivity contribution in [2.45, 2.75) is 18.6 Å². The van der Waals surface area contributed by atoms with E-state index < -0.39 is 0 Å². The Hall–Kier alpha value is -2.62. The summed E-state index contributed by atoms with van der Waals surface area (Å²) in [6.07, 6.45) is 0. The van der Waals surface area contributed by atoms with Gasteiger partial charge >= 0.3 is 0 Å². The quantitative estimate of drug-likeness (QED) is 0.681. The van der Waals surface area contributed by atoms with Crippen LogP contribution in [0.2, 0.25) is 0 Å². The van der Waals surface area contributed by atoms with Crippen molar-refractivity contribution >= 4 is 0 Å². The van der Waals surface area contributed by atoms with Gasteiger partial charge in [0, 0.05) is 12.6 Å². The van der Waals surface area contributed by atoms with Crippen LogP contribution in [0.1, 0.15) is 28.8 Å². The number of benzene rings is 3. The lowest BCUT2D eigenvalue weighted by Gasteiger charge is -2.26. The predicted octanol–water partition coefficient (Wildman–Crippen LogP) is 4.23. The molecule has 0 spiro atoms. The Balaban J connectivity index is 1.79. The van der Waals surface area contributed by atoms with Gasteiger partial charge in [-0.3, -0.25) is 0 Å². The van der Waals surface area contributed by atoms with E-state index in [4.69, 9.17) is 10.5 Å². The molecule has 0 aliphatic heterocycles. The van der Waals surface area contributed by atoms with E-state index >= 15 is 0 Å². The molecule has 3 N–H and O–H groups in total. The van der Waals surface area contributed by atoms with Gasteiger partial charge in [0.2, 0.25) is 0 Å². The summed E-state index contributed by atoms with van der Waals surface area (Å²) < 4.78 is 5.22. The van der Waals surface area contributed by atoms with Crippen LogP contribution >= 0.6 is 0 Å². The standard InChI is InChI=1S/C22H24N2O/c1-25-20-14-12-17(13-15-20)16-24-22(19-10-6-3-7-11-19)21(23)18-8-4-2-5-9-18/h2-15,21-22,24H,16,23H2,1H3/t21-,22+/m1/s1. The first kappa shape index (κ1) is 17.2. The fourth-order valence-electron chi connectivity index (χ4n) is 2.95. The lowest BCUT2D eigenvalue weighted by molar-refractivity contribution is 0.414. The van der Waals surface area contributed by atoms with Gasteiger partial charge in [-0.1, -0.05) is 72.8 Å². The molecule has 0 unspecified atom stereocenters. The van der Waals surface area contributed by atoms with Gasteiger partial charge in [-0.25, -0.2) is 0 Å². The molecular formula is C22H24N2O. The smallest absolute Gasteiger partial charge is 0.118 e. The third-order valence-corrected chi connectivity index (χ3v) is 4.39. The zero-order valence-corrected chi connectivity index (χ0v) is 14.4. The Morgan fingerprint density at radius 1 is 0.800 bits per heavy atom. The van der Waals surface area contributed by atoms with Crippen molar-refractivity contribution in [3.8, 4) is 5.75 Å². The maximum absolute atomic E-state index is 6.60. The van der Waals surface area contributed by atoms with E-state index in [1.165, 1.54) is 11.1 Å². The zero-order chi connectivity index (χ0) is 17.5. The number of rotatable bonds is 7. The maximum Gasteiger partial charge on any atom is 0.118 e. The molecule has 0 heterocycles. The van der Waals surface area contributed by atoms with Crippen LogP contribution in [0.3, 0.4) is 0 Å². The van der Waals surface area contributed by atoms with Crippen molar-refractivity contribution in [1.29, 1.82) is 0 Å². The third kappa shape index (κ3) is 4.47. The lowest BCUT2D eigenvalue weighted by atomic mass is 9.94. The topological polar surface area (TPSA) is 47.3 Å². The minimum absolute atomic E-state index is 0.0331.